The van der Waals surface area contributed by atoms with Crippen LogP contribution < -0.4 is 5.32 Å². The first-order chi connectivity index (χ1) is 14.0. The molecule has 1 atom stereocenters. The summed E-state index contributed by atoms with van der Waals surface area (Å²) in [5.74, 6) is -0.489. The van der Waals surface area contributed by atoms with Gasteiger partial charge >= 0.3 is 0 Å². The van der Waals surface area contributed by atoms with Crippen LogP contribution in [0.3, 0.4) is 0 Å². The van der Waals surface area contributed by atoms with Crippen molar-refractivity contribution >= 4 is 17.5 Å². The summed E-state index contributed by atoms with van der Waals surface area (Å²) in [6, 6.07) is 9.71. The smallest absolute Gasteiger partial charge is 0.253 e. The number of carbonyl (C=O) groups is 2. The lowest BCUT2D eigenvalue weighted by Crippen LogP contribution is -2.47. The second-order valence-corrected chi connectivity index (χ2v) is 7.75. The fourth-order valence-corrected chi connectivity index (χ4v) is 4.12. The maximum Gasteiger partial charge on any atom is 0.253 e. The number of rotatable bonds is 4. The molecule has 2 aliphatic heterocycles. The van der Waals surface area contributed by atoms with Gasteiger partial charge in [0, 0.05) is 19.3 Å². The van der Waals surface area contributed by atoms with E-state index in [1.165, 1.54) is 12.1 Å². The second kappa shape index (κ2) is 8.29. The summed E-state index contributed by atoms with van der Waals surface area (Å²) in [5, 5.41) is 2.84. The van der Waals surface area contributed by atoms with Crippen LogP contribution in [0.5, 0.6) is 0 Å². The van der Waals surface area contributed by atoms with Crippen molar-refractivity contribution < 1.29 is 18.7 Å². The van der Waals surface area contributed by atoms with Crippen molar-refractivity contribution in [3.05, 3.63) is 60.2 Å². The van der Waals surface area contributed by atoms with E-state index in [0.717, 1.165) is 6.42 Å². The van der Waals surface area contributed by atoms with Gasteiger partial charge in [-0.2, -0.15) is 0 Å². The minimum absolute atomic E-state index is 0.00526. The Bertz CT molecular complexity index is 882. The van der Waals surface area contributed by atoms with Crippen molar-refractivity contribution in [3.8, 4) is 0 Å². The van der Waals surface area contributed by atoms with E-state index in [1.54, 1.807) is 36.7 Å². The fraction of sp³-hybridized carbons (Fsp3) is 0.409. The highest BCUT2D eigenvalue weighted by Crippen LogP contribution is 2.39. The Morgan fingerprint density at radius 3 is 2.76 bits per heavy atom. The molecule has 0 radical (unpaired) electrons. The van der Waals surface area contributed by atoms with Crippen molar-refractivity contribution in [1.29, 1.82) is 0 Å². The first-order valence-electron chi connectivity index (χ1n) is 9.94. The van der Waals surface area contributed by atoms with E-state index in [1.807, 2.05) is 4.90 Å². The van der Waals surface area contributed by atoms with Gasteiger partial charge in [0.2, 0.25) is 5.91 Å². The summed E-state index contributed by atoms with van der Waals surface area (Å²) in [4.78, 5) is 30.8. The van der Waals surface area contributed by atoms with Gasteiger partial charge in [-0.25, -0.2) is 4.39 Å². The van der Waals surface area contributed by atoms with Crippen LogP contribution >= 0.6 is 0 Å². The monoisotopic (exact) mass is 397 g/mol. The standard InChI is InChI=1S/C22H24FN3O3/c23-17-4-1-3-16(13-17)14-20(27)26-11-8-22(9-12-26)7-6-19(29-22)21(28)25-18-5-2-10-24-15-18/h1-5,10,13,15,19H,6-9,11-12,14H2,(H,25,28)/t19-/m1/s1. The van der Waals surface area contributed by atoms with Crippen LogP contribution in [0.4, 0.5) is 10.1 Å². The van der Waals surface area contributed by atoms with E-state index < -0.39 is 6.10 Å². The fourth-order valence-electron chi connectivity index (χ4n) is 4.12. The van der Waals surface area contributed by atoms with Gasteiger partial charge in [0.1, 0.15) is 11.9 Å². The van der Waals surface area contributed by atoms with E-state index in [0.29, 0.717) is 43.6 Å². The van der Waals surface area contributed by atoms with Crippen LogP contribution in [0.15, 0.2) is 48.8 Å². The third kappa shape index (κ3) is 4.62. The van der Waals surface area contributed by atoms with E-state index in [2.05, 4.69) is 10.3 Å². The molecule has 2 fully saturated rings. The Morgan fingerprint density at radius 2 is 2.03 bits per heavy atom. The van der Waals surface area contributed by atoms with Gasteiger partial charge in [-0.05, 0) is 55.5 Å². The maximum absolute atomic E-state index is 13.3. The lowest BCUT2D eigenvalue weighted by Gasteiger charge is -2.39. The second-order valence-electron chi connectivity index (χ2n) is 7.75. The van der Waals surface area contributed by atoms with Crippen LogP contribution in [0.25, 0.3) is 0 Å². The number of benzene rings is 1. The molecule has 1 aromatic heterocycles. The number of halogens is 1. The Balaban J connectivity index is 1.29. The molecule has 4 rings (SSSR count). The number of nitrogens with one attached hydrogen (secondary N) is 1. The molecule has 0 bridgehead atoms. The molecule has 0 aliphatic carbocycles. The number of ether oxygens (including phenoxy) is 1. The average Bonchev–Trinajstić information content (AvgIpc) is 3.13. The van der Waals surface area contributed by atoms with Crippen LogP contribution in [0.2, 0.25) is 0 Å². The molecule has 0 unspecified atom stereocenters. The molecule has 29 heavy (non-hydrogen) atoms. The summed E-state index contributed by atoms with van der Waals surface area (Å²) in [6.07, 6.45) is 5.86. The Morgan fingerprint density at radius 1 is 1.21 bits per heavy atom. The normalized spacial score (nSPS) is 20.6. The predicted molar refractivity (Wildman–Crippen MR) is 106 cm³/mol. The van der Waals surface area contributed by atoms with Gasteiger partial charge < -0.3 is 15.0 Å². The Kier molecular flexibility index (Phi) is 5.58. The quantitative estimate of drug-likeness (QED) is 0.861. The zero-order chi connectivity index (χ0) is 20.3. The number of amides is 2. The number of anilines is 1. The van der Waals surface area contributed by atoms with E-state index in [9.17, 15) is 14.0 Å². The summed E-state index contributed by atoms with van der Waals surface area (Å²) >= 11 is 0. The van der Waals surface area contributed by atoms with Gasteiger partial charge in [-0.15, -0.1) is 0 Å². The first kappa shape index (κ1) is 19.5. The molecule has 2 aliphatic rings. The zero-order valence-corrected chi connectivity index (χ0v) is 16.1. The number of hydrogen-bond acceptors (Lipinski definition) is 4. The van der Waals surface area contributed by atoms with Crippen LogP contribution in [-0.4, -0.2) is 46.5 Å². The molecule has 1 N–H and O–H groups in total. The molecule has 2 amide bonds. The van der Waals surface area contributed by atoms with E-state index >= 15 is 0 Å². The molecule has 1 aromatic carbocycles. The molecular formula is C22H24FN3O3. The zero-order valence-electron chi connectivity index (χ0n) is 16.1. The largest absolute Gasteiger partial charge is 0.362 e. The van der Waals surface area contributed by atoms with Crippen molar-refractivity contribution in [1.82, 2.24) is 9.88 Å². The van der Waals surface area contributed by atoms with E-state index in [-0.39, 0.29) is 29.7 Å². The lowest BCUT2D eigenvalue weighted by atomic mass is 9.88. The van der Waals surface area contributed by atoms with Crippen molar-refractivity contribution in [3.63, 3.8) is 0 Å². The number of aromatic nitrogens is 1. The summed E-state index contributed by atoms with van der Waals surface area (Å²) in [5.41, 5.74) is 0.992. The summed E-state index contributed by atoms with van der Waals surface area (Å²) in [6.45, 7) is 1.18. The number of carbonyl (C=O) groups excluding carboxylic acids is 2. The molecule has 7 heteroatoms. The van der Waals surface area contributed by atoms with Crippen molar-refractivity contribution in [2.45, 2.75) is 43.8 Å². The number of likely N-dealkylation sites (tertiary alicyclic amines) is 1. The third-order valence-electron chi connectivity index (χ3n) is 5.75. The highest BCUT2D eigenvalue weighted by Gasteiger charge is 2.45. The Hall–Kier alpha value is -2.80. The molecule has 3 heterocycles. The van der Waals surface area contributed by atoms with Gasteiger partial charge in [-0.3, -0.25) is 14.6 Å². The molecule has 1 spiro atoms. The van der Waals surface area contributed by atoms with Crippen molar-refractivity contribution in [2.75, 3.05) is 18.4 Å². The number of nitrogens with zero attached hydrogens (tertiary/aromatic N) is 2. The van der Waals surface area contributed by atoms with Gasteiger partial charge in [-0.1, -0.05) is 12.1 Å². The van der Waals surface area contributed by atoms with Crippen LogP contribution in [0.1, 0.15) is 31.2 Å². The third-order valence-corrected chi connectivity index (χ3v) is 5.75. The summed E-state index contributed by atoms with van der Waals surface area (Å²) < 4.78 is 19.5. The minimum Gasteiger partial charge on any atom is -0.362 e. The Labute approximate surface area is 169 Å². The molecule has 0 saturated carbocycles. The van der Waals surface area contributed by atoms with Crippen LogP contribution in [0, 0.1) is 5.82 Å². The van der Waals surface area contributed by atoms with Gasteiger partial charge in [0.05, 0.1) is 23.9 Å². The topological polar surface area (TPSA) is 71.5 Å². The number of piperidine rings is 1. The van der Waals surface area contributed by atoms with Gasteiger partial charge in [0.15, 0.2) is 0 Å². The number of hydrogen-bond donors (Lipinski definition) is 1. The predicted octanol–water partition coefficient (Wildman–Crippen LogP) is 2.94. The van der Waals surface area contributed by atoms with Crippen molar-refractivity contribution in [2.24, 2.45) is 0 Å². The highest BCUT2D eigenvalue weighted by molar-refractivity contribution is 5.94. The highest BCUT2D eigenvalue weighted by atomic mass is 19.1. The van der Waals surface area contributed by atoms with E-state index in [4.69, 9.17) is 4.74 Å². The lowest BCUT2D eigenvalue weighted by molar-refractivity contribution is -0.143. The molecule has 6 nitrogen and oxygen atoms in total. The first-order valence-corrected chi connectivity index (χ1v) is 9.94. The molecule has 2 saturated heterocycles. The SMILES string of the molecule is O=C(Nc1cccnc1)[C@H]1CCC2(CCN(C(=O)Cc3cccc(F)c3)CC2)O1. The minimum atomic E-state index is -0.482. The molecular weight excluding hydrogens is 373 g/mol. The average molecular weight is 397 g/mol. The molecule has 152 valence electrons. The number of pyridine rings is 1. The summed E-state index contributed by atoms with van der Waals surface area (Å²) in [7, 11) is 0. The maximum atomic E-state index is 13.3. The van der Waals surface area contributed by atoms with Crippen LogP contribution in [-0.2, 0) is 20.7 Å². The molecule has 2 aromatic rings. The van der Waals surface area contributed by atoms with Gasteiger partial charge in [0.25, 0.3) is 5.91 Å².